The molecule has 0 fully saturated rings. The van der Waals surface area contributed by atoms with Crippen LogP contribution < -0.4 is 4.90 Å². The summed E-state index contributed by atoms with van der Waals surface area (Å²) in [5.41, 5.74) is 2.94. The van der Waals surface area contributed by atoms with Crippen molar-refractivity contribution in [1.29, 1.82) is 0 Å². The molecular formula is C17H14BrNOS. The van der Waals surface area contributed by atoms with Crippen molar-refractivity contribution in [2.45, 2.75) is 4.90 Å². The van der Waals surface area contributed by atoms with Crippen molar-refractivity contribution in [2.24, 2.45) is 0 Å². The quantitative estimate of drug-likeness (QED) is 0.715. The summed E-state index contributed by atoms with van der Waals surface area (Å²) >= 11 is 5.12. The van der Waals surface area contributed by atoms with Crippen LogP contribution in [0.25, 0.3) is 6.08 Å². The zero-order chi connectivity index (χ0) is 15.0. The van der Waals surface area contributed by atoms with Gasteiger partial charge in [-0.2, -0.15) is 0 Å². The van der Waals surface area contributed by atoms with Gasteiger partial charge >= 0.3 is 0 Å². The van der Waals surface area contributed by atoms with Gasteiger partial charge < -0.3 is 4.90 Å². The minimum Gasteiger partial charge on any atom is -0.377 e. The number of ketones is 1. The number of allylic oxidation sites excluding steroid dienone is 1. The van der Waals surface area contributed by atoms with Gasteiger partial charge in [0.25, 0.3) is 0 Å². The summed E-state index contributed by atoms with van der Waals surface area (Å²) in [6, 6.07) is 13.9. The van der Waals surface area contributed by atoms with E-state index in [9.17, 15) is 4.79 Å². The smallest absolute Gasteiger partial charge is 0.200 e. The Morgan fingerprint density at radius 1 is 1.14 bits per heavy atom. The van der Waals surface area contributed by atoms with E-state index in [0.29, 0.717) is 0 Å². The second-order valence-corrected chi connectivity index (χ2v) is 6.98. The maximum Gasteiger partial charge on any atom is 0.200 e. The van der Waals surface area contributed by atoms with Gasteiger partial charge in [0.15, 0.2) is 0 Å². The van der Waals surface area contributed by atoms with Gasteiger partial charge in [-0.05, 0) is 51.8 Å². The van der Waals surface area contributed by atoms with Crippen molar-refractivity contribution < 1.29 is 4.79 Å². The van der Waals surface area contributed by atoms with Gasteiger partial charge in [-0.15, -0.1) is 0 Å². The van der Waals surface area contributed by atoms with Gasteiger partial charge in [-0.25, -0.2) is 0 Å². The number of anilines is 1. The van der Waals surface area contributed by atoms with E-state index in [1.165, 1.54) is 0 Å². The molecule has 0 radical (unpaired) electrons. The lowest BCUT2D eigenvalue weighted by atomic mass is 10.1. The fraction of sp³-hybridized carbons (Fsp3) is 0.118. The average Bonchev–Trinajstić information content (AvgIpc) is 2.76. The monoisotopic (exact) mass is 359 g/mol. The first-order valence-corrected chi connectivity index (χ1v) is 8.17. The Balaban J connectivity index is 1.94. The number of thioether (sulfide) groups is 1. The highest BCUT2D eigenvalue weighted by Crippen LogP contribution is 2.40. The minimum atomic E-state index is 0.114. The third-order valence-corrected chi connectivity index (χ3v) is 5.06. The largest absolute Gasteiger partial charge is 0.377 e. The fourth-order valence-corrected chi connectivity index (χ4v) is 4.07. The van der Waals surface area contributed by atoms with E-state index in [1.807, 2.05) is 67.5 Å². The molecule has 2 aromatic rings. The number of hydrogen-bond acceptors (Lipinski definition) is 3. The lowest BCUT2D eigenvalue weighted by molar-refractivity contribution is 0.104. The number of benzene rings is 2. The molecule has 3 rings (SSSR count). The van der Waals surface area contributed by atoms with Crippen LogP contribution in [-0.4, -0.2) is 19.9 Å². The van der Waals surface area contributed by atoms with Crippen molar-refractivity contribution in [3.05, 3.63) is 63.0 Å². The molecule has 0 amide bonds. The van der Waals surface area contributed by atoms with Crippen LogP contribution in [-0.2, 0) is 0 Å². The molecule has 0 bridgehead atoms. The van der Waals surface area contributed by atoms with E-state index in [1.54, 1.807) is 11.8 Å². The van der Waals surface area contributed by atoms with E-state index in [4.69, 9.17) is 0 Å². The van der Waals surface area contributed by atoms with Gasteiger partial charge in [0.1, 0.15) is 0 Å². The molecule has 0 saturated heterocycles. The molecule has 0 spiro atoms. The van der Waals surface area contributed by atoms with Crippen LogP contribution in [0, 0.1) is 0 Å². The van der Waals surface area contributed by atoms with Crippen molar-refractivity contribution in [2.75, 3.05) is 19.0 Å². The molecule has 106 valence electrons. The van der Waals surface area contributed by atoms with Crippen LogP contribution in [0.1, 0.15) is 15.9 Å². The zero-order valence-corrected chi connectivity index (χ0v) is 14.2. The van der Waals surface area contributed by atoms with Crippen molar-refractivity contribution >= 4 is 45.2 Å². The van der Waals surface area contributed by atoms with Crippen molar-refractivity contribution in [1.82, 2.24) is 0 Å². The molecule has 21 heavy (non-hydrogen) atoms. The Kier molecular flexibility index (Phi) is 3.91. The van der Waals surface area contributed by atoms with E-state index in [2.05, 4.69) is 15.9 Å². The number of rotatable bonds is 2. The Morgan fingerprint density at radius 3 is 2.57 bits per heavy atom. The normalized spacial score (nSPS) is 15.4. The first-order valence-electron chi connectivity index (χ1n) is 6.56. The summed E-state index contributed by atoms with van der Waals surface area (Å²) in [5, 5.41) is 0. The molecule has 1 aliphatic rings. The second kappa shape index (κ2) is 5.70. The van der Waals surface area contributed by atoms with Gasteiger partial charge in [0.2, 0.25) is 5.78 Å². The molecular weight excluding hydrogens is 346 g/mol. The van der Waals surface area contributed by atoms with Gasteiger partial charge in [0.05, 0.1) is 10.6 Å². The minimum absolute atomic E-state index is 0.114. The fourth-order valence-electron chi connectivity index (χ4n) is 2.26. The summed E-state index contributed by atoms with van der Waals surface area (Å²) in [5.74, 6) is 0.114. The maximum atomic E-state index is 12.4. The Morgan fingerprint density at radius 2 is 1.90 bits per heavy atom. The molecule has 0 unspecified atom stereocenters. The van der Waals surface area contributed by atoms with Crippen LogP contribution in [0.15, 0.2) is 56.7 Å². The molecule has 2 aromatic carbocycles. The number of hydrogen-bond donors (Lipinski definition) is 0. The second-order valence-electron chi connectivity index (χ2n) is 5.04. The van der Waals surface area contributed by atoms with E-state index < -0.39 is 0 Å². The van der Waals surface area contributed by atoms with E-state index in [-0.39, 0.29) is 5.78 Å². The van der Waals surface area contributed by atoms with E-state index >= 15 is 0 Å². The van der Waals surface area contributed by atoms with Crippen molar-refractivity contribution in [3.63, 3.8) is 0 Å². The number of nitrogens with zero attached hydrogens (tertiary/aromatic N) is 1. The van der Waals surface area contributed by atoms with Crippen LogP contribution >= 0.6 is 27.7 Å². The highest BCUT2D eigenvalue weighted by Gasteiger charge is 2.25. The van der Waals surface area contributed by atoms with E-state index in [0.717, 1.165) is 31.1 Å². The highest BCUT2D eigenvalue weighted by atomic mass is 79.9. The lowest BCUT2D eigenvalue weighted by Gasteiger charge is -2.14. The van der Waals surface area contributed by atoms with Gasteiger partial charge in [-0.3, -0.25) is 4.79 Å². The molecule has 0 saturated carbocycles. The van der Waals surface area contributed by atoms with Crippen LogP contribution in [0.3, 0.4) is 0 Å². The first-order chi connectivity index (χ1) is 10.1. The Labute approximate surface area is 137 Å². The summed E-state index contributed by atoms with van der Waals surface area (Å²) < 4.78 is 1.02. The molecule has 2 nitrogen and oxygen atoms in total. The molecule has 0 aliphatic carbocycles. The standard InChI is InChI=1S/C17H14BrNOS/c1-19(2)14-8-7-11(9-13(14)18)10-16-17(20)12-5-3-4-6-15(12)21-16/h3-10H,1-2H3/b16-10-. The molecule has 0 atom stereocenters. The summed E-state index contributed by atoms with van der Waals surface area (Å²) in [6.45, 7) is 0. The van der Waals surface area contributed by atoms with Crippen LogP contribution in [0.2, 0.25) is 0 Å². The Bertz CT molecular complexity index is 752. The topological polar surface area (TPSA) is 20.3 Å². The van der Waals surface area contributed by atoms with Crippen LogP contribution in [0.5, 0.6) is 0 Å². The maximum absolute atomic E-state index is 12.4. The SMILES string of the molecule is CN(C)c1ccc(/C=C2\Sc3ccccc3C2=O)cc1Br. The predicted octanol–water partition coefficient (Wildman–Crippen LogP) is 4.84. The zero-order valence-electron chi connectivity index (χ0n) is 11.8. The third kappa shape index (κ3) is 2.78. The van der Waals surface area contributed by atoms with Crippen LogP contribution in [0.4, 0.5) is 5.69 Å². The lowest BCUT2D eigenvalue weighted by Crippen LogP contribution is -2.09. The number of halogens is 1. The number of Topliss-reactive ketones (excluding diaryl/α,β-unsaturated/α-hetero) is 1. The van der Waals surface area contributed by atoms with Crippen molar-refractivity contribution in [3.8, 4) is 0 Å². The Hall–Kier alpha value is -1.52. The molecule has 0 N–H and O–H groups in total. The predicted molar refractivity (Wildman–Crippen MR) is 93.1 cm³/mol. The summed E-state index contributed by atoms with van der Waals surface area (Å²) in [7, 11) is 4.01. The number of carbonyl (C=O) groups is 1. The van der Waals surface area contributed by atoms with Gasteiger partial charge in [-0.1, -0.05) is 30.0 Å². The average molecular weight is 360 g/mol. The summed E-state index contributed by atoms with van der Waals surface area (Å²) in [4.78, 5) is 16.2. The molecule has 1 aliphatic heterocycles. The molecule has 4 heteroatoms. The van der Waals surface area contributed by atoms with Gasteiger partial charge in [0, 0.05) is 29.0 Å². The first kappa shape index (κ1) is 14.4. The molecule has 0 aromatic heterocycles. The highest BCUT2D eigenvalue weighted by molar-refractivity contribution is 9.10. The number of carbonyl (C=O) groups excluding carboxylic acids is 1. The third-order valence-electron chi connectivity index (χ3n) is 3.33. The summed E-state index contributed by atoms with van der Waals surface area (Å²) in [6.07, 6.45) is 1.96. The molecule has 1 heterocycles. The number of fused-ring (bicyclic) bond motifs is 1.